The second-order valence-corrected chi connectivity index (χ2v) is 6.66. The molecule has 1 aromatic carbocycles. The first kappa shape index (κ1) is 16.0. The minimum absolute atomic E-state index is 0.208. The fraction of sp³-hybridized carbons (Fsp3) is 0.611. The van der Waals surface area contributed by atoms with Crippen molar-refractivity contribution in [1.29, 1.82) is 0 Å². The SMILES string of the molecule is COc1ccc(C)cc1C(=O)C1(N(C)C)CCCC(C)C1. The van der Waals surface area contributed by atoms with Crippen molar-refractivity contribution in [2.24, 2.45) is 5.92 Å². The second kappa shape index (κ2) is 6.18. The largest absolute Gasteiger partial charge is 0.496 e. The Kier molecular flexibility index (Phi) is 4.72. The second-order valence-electron chi connectivity index (χ2n) is 6.66. The molecule has 0 bridgehead atoms. The number of aryl methyl sites for hydroxylation is 1. The van der Waals surface area contributed by atoms with Crippen molar-refractivity contribution in [3.63, 3.8) is 0 Å². The Hall–Kier alpha value is -1.35. The minimum Gasteiger partial charge on any atom is -0.496 e. The van der Waals surface area contributed by atoms with Gasteiger partial charge in [0, 0.05) is 0 Å². The molecule has 1 fully saturated rings. The van der Waals surface area contributed by atoms with E-state index in [-0.39, 0.29) is 5.78 Å². The highest BCUT2D eigenvalue weighted by molar-refractivity contribution is 6.05. The van der Waals surface area contributed by atoms with Gasteiger partial charge in [0.1, 0.15) is 5.75 Å². The van der Waals surface area contributed by atoms with Gasteiger partial charge in [0.2, 0.25) is 0 Å². The van der Waals surface area contributed by atoms with Gasteiger partial charge in [-0.15, -0.1) is 0 Å². The molecular formula is C18H27NO2. The summed E-state index contributed by atoms with van der Waals surface area (Å²) in [6.07, 6.45) is 4.18. The van der Waals surface area contributed by atoms with Gasteiger partial charge >= 0.3 is 0 Å². The predicted molar refractivity (Wildman–Crippen MR) is 86.1 cm³/mol. The Balaban J connectivity index is 2.46. The highest BCUT2D eigenvalue weighted by Crippen LogP contribution is 2.39. The average Bonchev–Trinajstić information content (AvgIpc) is 2.46. The maximum atomic E-state index is 13.3. The number of Topliss-reactive ketones (excluding diaryl/α,β-unsaturated/α-hetero) is 1. The molecule has 1 saturated carbocycles. The molecule has 0 aliphatic heterocycles. The Morgan fingerprint density at radius 2 is 2.10 bits per heavy atom. The highest BCUT2D eigenvalue weighted by Gasteiger charge is 2.44. The number of rotatable bonds is 4. The summed E-state index contributed by atoms with van der Waals surface area (Å²) >= 11 is 0. The Labute approximate surface area is 128 Å². The molecule has 3 heteroatoms. The zero-order chi connectivity index (χ0) is 15.6. The van der Waals surface area contributed by atoms with Crippen LogP contribution in [0.5, 0.6) is 5.75 Å². The number of ketones is 1. The minimum atomic E-state index is -0.390. The molecule has 0 spiro atoms. The van der Waals surface area contributed by atoms with E-state index in [1.807, 2.05) is 39.2 Å². The van der Waals surface area contributed by atoms with Gasteiger partial charge in [0.15, 0.2) is 5.78 Å². The summed E-state index contributed by atoms with van der Waals surface area (Å²) in [7, 11) is 5.68. The van der Waals surface area contributed by atoms with Crippen molar-refractivity contribution in [3.8, 4) is 5.75 Å². The van der Waals surface area contributed by atoms with Crippen LogP contribution in [0.15, 0.2) is 18.2 Å². The van der Waals surface area contributed by atoms with Crippen molar-refractivity contribution in [1.82, 2.24) is 4.90 Å². The first-order valence-corrected chi connectivity index (χ1v) is 7.77. The number of benzene rings is 1. The molecule has 116 valence electrons. The van der Waals surface area contributed by atoms with E-state index < -0.39 is 5.54 Å². The maximum Gasteiger partial charge on any atom is 0.186 e. The third-order valence-electron chi connectivity index (χ3n) is 4.85. The van der Waals surface area contributed by atoms with Crippen molar-refractivity contribution in [3.05, 3.63) is 29.3 Å². The zero-order valence-electron chi connectivity index (χ0n) is 13.9. The van der Waals surface area contributed by atoms with Crippen LogP contribution in [0.3, 0.4) is 0 Å². The molecule has 0 radical (unpaired) electrons. The van der Waals surface area contributed by atoms with Crippen LogP contribution in [0.4, 0.5) is 0 Å². The molecule has 1 aliphatic carbocycles. The number of carbonyl (C=O) groups excluding carboxylic acids is 1. The van der Waals surface area contributed by atoms with E-state index >= 15 is 0 Å². The maximum absolute atomic E-state index is 13.3. The van der Waals surface area contributed by atoms with Crippen LogP contribution >= 0.6 is 0 Å². The van der Waals surface area contributed by atoms with E-state index in [4.69, 9.17) is 4.74 Å². The zero-order valence-corrected chi connectivity index (χ0v) is 13.9. The lowest BCUT2D eigenvalue weighted by molar-refractivity contribution is 0.0483. The Morgan fingerprint density at radius 3 is 2.67 bits per heavy atom. The third kappa shape index (κ3) is 2.98. The quantitative estimate of drug-likeness (QED) is 0.792. The van der Waals surface area contributed by atoms with E-state index in [9.17, 15) is 4.79 Å². The molecule has 0 N–H and O–H groups in total. The van der Waals surface area contributed by atoms with Gasteiger partial charge in [-0.3, -0.25) is 9.69 Å². The van der Waals surface area contributed by atoms with Crippen molar-refractivity contribution >= 4 is 5.78 Å². The molecule has 3 nitrogen and oxygen atoms in total. The summed E-state index contributed by atoms with van der Waals surface area (Å²) in [6, 6.07) is 5.85. The number of methoxy groups -OCH3 is 1. The number of carbonyl (C=O) groups is 1. The van der Waals surface area contributed by atoms with Gasteiger partial charge in [0.25, 0.3) is 0 Å². The van der Waals surface area contributed by atoms with E-state index in [2.05, 4.69) is 11.8 Å². The van der Waals surface area contributed by atoms with Crippen molar-refractivity contribution < 1.29 is 9.53 Å². The molecule has 0 amide bonds. The normalized spacial score (nSPS) is 25.9. The molecule has 21 heavy (non-hydrogen) atoms. The fourth-order valence-electron chi connectivity index (χ4n) is 3.59. The van der Waals surface area contributed by atoms with E-state index in [1.54, 1.807) is 7.11 Å². The number of likely N-dealkylation sites (N-methyl/N-ethyl adjacent to an activating group) is 1. The molecule has 2 atom stereocenters. The van der Waals surface area contributed by atoms with E-state index in [0.717, 1.165) is 30.4 Å². The Bertz CT molecular complexity index is 524. The topological polar surface area (TPSA) is 29.5 Å². The summed E-state index contributed by atoms with van der Waals surface area (Å²) in [5.74, 6) is 1.48. The van der Waals surface area contributed by atoms with Gasteiger partial charge < -0.3 is 4.74 Å². The molecule has 1 aliphatic rings. The van der Waals surface area contributed by atoms with Crippen LogP contribution < -0.4 is 4.74 Å². The molecule has 2 unspecified atom stereocenters. The number of nitrogens with zero attached hydrogens (tertiary/aromatic N) is 1. The van der Waals surface area contributed by atoms with Crippen LogP contribution in [0.25, 0.3) is 0 Å². The number of ether oxygens (including phenoxy) is 1. The molecule has 0 aromatic heterocycles. The summed E-state index contributed by atoms with van der Waals surface area (Å²) in [4.78, 5) is 15.4. The van der Waals surface area contributed by atoms with Gasteiger partial charge in [-0.05, 0) is 51.9 Å². The van der Waals surface area contributed by atoms with E-state index in [1.165, 1.54) is 6.42 Å². The van der Waals surface area contributed by atoms with Crippen LogP contribution in [-0.4, -0.2) is 37.4 Å². The van der Waals surface area contributed by atoms with Gasteiger partial charge in [-0.1, -0.05) is 31.4 Å². The molecule has 2 rings (SSSR count). The first-order chi connectivity index (χ1) is 9.90. The molecule has 0 saturated heterocycles. The summed E-state index contributed by atoms with van der Waals surface area (Å²) in [5, 5.41) is 0. The lowest BCUT2D eigenvalue weighted by Gasteiger charge is -2.44. The number of hydrogen-bond donors (Lipinski definition) is 0. The van der Waals surface area contributed by atoms with Crippen LogP contribution in [0, 0.1) is 12.8 Å². The average molecular weight is 289 g/mol. The van der Waals surface area contributed by atoms with Crippen molar-refractivity contribution in [2.75, 3.05) is 21.2 Å². The summed E-state index contributed by atoms with van der Waals surface area (Å²) < 4.78 is 5.42. The molecule has 0 heterocycles. The summed E-state index contributed by atoms with van der Waals surface area (Å²) in [5.41, 5.74) is 1.43. The molecular weight excluding hydrogens is 262 g/mol. The lowest BCUT2D eigenvalue weighted by atomic mass is 9.71. The fourth-order valence-corrected chi connectivity index (χ4v) is 3.59. The lowest BCUT2D eigenvalue weighted by Crippen LogP contribution is -2.53. The highest BCUT2D eigenvalue weighted by atomic mass is 16.5. The van der Waals surface area contributed by atoms with Gasteiger partial charge in [-0.2, -0.15) is 0 Å². The van der Waals surface area contributed by atoms with E-state index in [0.29, 0.717) is 11.7 Å². The van der Waals surface area contributed by atoms with Crippen LogP contribution in [0.2, 0.25) is 0 Å². The smallest absolute Gasteiger partial charge is 0.186 e. The van der Waals surface area contributed by atoms with Crippen LogP contribution in [0.1, 0.15) is 48.5 Å². The monoisotopic (exact) mass is 289 g/mol. The number of hydrogen-bond acceptors (Lipinski definition) is 3. The van der Waals surface area contributed by atoms with Gasteiger partial charge in [-0.25, -0.2) is 0 Å². The first-order valence-electron chi connectivity index (χ1n) is 7.77. The van der Waals surface area contributed by atoms with Crippen molar-refractivity contribution in [2.45, 2.75) is 45.1 Å². The predicted octanol–water partition coefficient (Wildman–Crippen LogP) is 3.70. The van der Waals surface area contributed by atoms with Gasteiger partial charge in [0.05, 0.1) is 18.2 Å². The standard InChI is InChI=1S/C18H27NO2/c1-13-8-9-16(21-5)15(11-13)17(20)18(19(3)4)10-6-7-14(2)12-18/h8-9,11,14H,6-7,10,12H2,1-5H3. The third-order valence-corrected chi connectivity index (χ3v) is 4.85. The summed E-state index contributed by atoms with van der Waals surface area (Å²) in [6.45, 7) is 4.26. The Morgan fingerprint density at radius 1 is 1.38 bits per heavy atom. The van der Waals surface area contributed by atoms with Crippen LogP contribution in [-0.2, 0) is 0 Å². The molecule has 1 aromatic rings.